The van der Waals surface area contributed by atoms with E-state index < -0.39 is 0 Å². The highest BCUT2D eigenvalue weighted by molar-refractivity contribution is 6.03. The number of piperazine rings is 1. The first-order valence-electron chi connectivity index (χ1n) is 15.0. The summed E-state index contributed by atoms with van der Waals surface area (Å²) in [5.41, 5.74) is 3.83. The van der Waals surface area contributed by atoms with E-state index in [1.807, 2.05) is 58.5 Å². The molecule has 3 aromatic rings. The number of ether oxygens (including phenoxy) is 2. The number of carbonyl (C=O) groups is 2. The molecule has 3 aliphatic heterocycles. The molecule has 224 valence electrons. The number of fused-ring (bicyclic) bond motifs is 2. The Hall–Kier alpha value is -4.44. The lowest BCUT2D eigenvalue weighted by molar-refractivity contribution is 0.0631. The smallest absolute Gasteiger partial charge is 0.256 e. The minimum absolute atomic E-state index is 0.00202. The number of hydrogen-bond acceptors (Lipinski definition) is 8. The van der Waals surface area contributed by atoms with E-state index in [9.17, 15) is 9.59 Å². The zero-order valence-corrected chi connectivity index (χ0v) is 24.6. The molecule has 0 bridgehead atoms. The Morgan fingerprint density at radius 1 is 1.02 bits per heavy atom. The van der Waals surface area contributed by atoms with Crippen LogP contribution in [0.4, 0.5) is 11.4 Å². The summed E-state index contributed by atoms with van der Waals surface area (Å²) in [5.74, 6) is 1.20. The third-order valence-electron chi connectivity index (χ3n) is 8.38. The number of aliphatic imine (C=N–C) groups is 1. The molecule has 2 amide bonds. The maximum atomic E-state index is 13.4. The monoisotopic (exact) mass is 582 g/mol. The fourth-order valence-electron chi connectivity index (χ4n) is 5.96. The van der Waals surface area contributed by atoms with Crippen LogP contribution in [0.2, 0.25) is 0 Å². The first kappa shape index (κ1) is 28.7. The minimum atomic E-state index is 0.00202. The lowest BCUT2D eigenvalue weighted by Gasteiger charge is -2.35. The fourth-order valence-corrected chi connectivity index (χ4v) is 5.96. The van der Waals surface area contributed by atoms with Gasteiger partial charge in [-0.15, -0.1) is 0 Å². The average Bonchev–Trinajstić information content (AvgIpc) is 3.49. The van der Waals surface area contributed by atoms with Crippen LogP contribution < -0.4 is 14.8 Å². The normalized spacial score (nSPS) is 18.2. The number of carbonyl (C=O) groups excluding carboxylic acids is 2. The molecule has 2 saturated heterocycles. The van der Waals surface area contributed by atoms with Crippen LogP contribution in [0.15, 0.2) is 65.9 Å². The average molecular weight is 583 g/mol. The van der Waals surface area contributed by atoms with Crippen LogP contribution in [0, 0.1) is 0 Å². The number of amides is 2. The number of methoxy groups -OCH3 is 1. The molecule has 1 N–H and O–H groups in total. The largest absolute Gasteiger partial charge is 0.493 e. The van der Waals surface area contributed by atoms with Gasteiger partial charge in [0.2, 0.25) is 0 Å². The lowest BCUT2D eigenvalue weighted by atomic mass is 10.1. The van der Waals surface area contributed by atoms with Gasteiger partial charge in [0.25, 0.3) is 11.8 Å². The summed E-state index contributed by atoms with van der Waals surface area (Å²) in [5, 5.41) is 3.41. The molecule has 43 heavy (non-hydrogen) atoms. The van der Waals surface area contributed by atoms with Crippen molar-refractivity contribution >= 4 is 29.4 Å². The maximum Gasteiger partial charge on any atom is 0.256 e. The van der Waals surface area contributed by atoms with Crippen molar-refractivity contribution in [2.24, 2.45) is 4.99 Å². The number of rotatable bonds is 10. The Morgan fingerprint density at radius 3 is 2.65 bits per heavy atom. The Balaban J connectivity index is 0.985. The van der Waals surface area contributed by atoms with Crippen molar-refractivity contribution < 1.29 is 19.1 Å². The number of benzene rings is 2. The molecular weight excluding hydrogens is 544 g/mol. The third kappa shape index (κ3) is 6.49. The minimum Gasteiger partial charge on any atom is -0.493 e. The van der Waals surface area contributed by atoms with Crippen LogP contribution in [0.25, 0.3) is 0 Å². The van der Waals surface area contributed by atoms with Gasteiger partial charge >= 0.3 is 0 Å². The third-order valence-corrected chi connectivity index (χ3v) is 8.38. The zero-order valence-electron chi connectivity index (χ0n) is 24.6. The van der Waals surface area contributed by atoms with E-state index in [-0.39, 0.29) is 17.9 Å². The summed E-state index contributed by atoms with van der Waals surface area (Å²) in [4.78, 5) is 41.4. The first-order chi connectivity index (χ1) is 21.1. The Kier molecular flexibility index (Phi) is 8.83. The van der Waals surface area contributed by atoms with Crippen molar-refractivity contribution in [2.75, 3.05) is 58.3 Å². The van der Waals surface area contributed by atoms with Gasteiger partial charge in [-0.05, 0) is 55.2 Å². The van der Waals surface area contributed by atoms with E-state index in [0.29, 0.717) is 54.6 Å². The SMILES string of the molecule is COc1cc2c(cc1OCCCN1CCN(C(=O)c3ccccc3NCc3ccncc3)CC1)N=C[C@@H]1CCCN1C2=O. The molecule has 6 rings (SSSR count). The maximum absolute atomic E-state index is 13.4. The van der Waals surface area contributed by atoms with Crippen molar-refractivity contribution in [3.05, 3.63) is 77.6 Å². The number of para-hydroxylation sites is 1. The molecule has 0 aliphatic carbocycles. The van der Waals surface area contributed by atoms with Crippen LogP contribution in [-0.2, 0) is 6.54 Å². The number of anilines is 1. The lowest BCUT2D eigenvalue weighted by Crippen LogP contribution is -2.49. The van der Waals surface area contributed by atoms with Crippen molar-refractivity contribution in [3.8, 4) is 11.5 Å². The van der Waals surface area contributed by atoms with E-state index in [1.165, 1.54) is 0 Å². The highest BCUT2D eigenvalue weighted by atomic mass is 16.5. The van der Waals surface area contributed by atoms with Gasteiger partial charge in [-0.1, -0.05) is 12.1 Å². The molecule has 1 atom stereocenters. The summed E-state index contributed by atoms with van der Waals surface area (Å²) < 4.78 is 11.7. The second kappa shape index (κ2) is 13.2. The highest BCUT2D eigenvalue weighted by Crippen LogP contribution is 2.38. The second-order valence-corrected chi connectivity index (χ2v) is 11.1. The van der Waals surface area contributed by atoms with Gasteiger partial charge in [-0.25, -0.2) is 0 Å². The van der Waals surface area contributed by atoms with Crippen molar-refractivity contribution in [1.29, 1.82) is 0 Å². The van der Waals surface area contributed by atoms with Crippen LogP contribution in [0.3, 0.4) is 0 Å². The Bertz CT molecular complexity index is 1470. The summed E-state index contributed by atoms with van der Waals surface area (Å²) in [7, 11) is 1.59. The zero-order chi connectivity index (χ0) is 29.6. The molecule has 3 aliphatic rings. The van der Waals surface area contributed by atoms with E-state index in [2.05, 4.69) is 20.2 Å². The molecule has 0 spiro atoms. The van der Waals surface area contributed by atoms with E-state index in [4.69, 9.17) is 9.47 Å². The van der Waals surface area contributed by atoms with E-state index in [1.54, 1.807) is 25.6 Å². The molecule has 0 unspecified atom stereocenters. The van der Waals surface area contributed by atoms with Crippen molar-refractivity contribution in [2.45, 2.75) is 31.8 Å². The second-order valence-electron chi connectivity index (χ2n) is 11.1. The first-order valence-corrected chi connectivity index (χ1v) is 15.0. The van der Waals surface area contributed by atoms with Gasteiger partial charge in [0, 0.05) is 76.2 Å². The number of pyridine rings is 1. The summed E-state index contributed by atoms with van der Waals surface area (Å²) in [6.07, 6.45) is 8.20. The molecule has 10 heteroatoms. The molecule has 4 heterocycles. The van der Waals surface area contributed by atoms with Crippen molar-refractivity contribution in [3.63, 3.8) is 0 Å². The van der Waals surface area contributed by atoms with Crippen LogP contribution >= 0.6 is 0 Å². The van der Waals surface area contributed by atoms with Gasteiger partial charge in [0.05, 0.1) is 36.6 Å². The summed E-state index contributed by atoms with van der Waals surface area (Å²) >= 11 is 0. The standard InChI is InChI=1S/C33H38N6O4/c1-42-30-20-27-29(36-23-25-6-4-14-39(25)33(27)41)21-31(30)43-19-5-13-37-15-17-38(18-16-37)32(40)26-7-2-3-8-28(26)35-22-24-9-11-34-12-10-24/h2-3,7-12,20-21,23,25,35H,4-6,13-19,22H2,1H3/t25-/m0/s1. The predicted molar refractivity (Wildman–Crippen MR) is 166 cm³/mol. The van der Waals surface area contributed by atoms with Gasteiger partial charge in [0.15, 0.2) is 11.5 Å². The highest BCUT2D eigenvalue weighted by Gasteiger charge is 2.32. The van der Waals surface area contributed by atoms with E-state index >= 15 is 0 Å². The van der Waals surface area contributed by atoms with Crippen LogP contribution in [0.1, 0.15) is 45.5 Å². The van der Waals surface area contributed by atoms with E-state index in [0.717, 1.165) is 56.7 Å². The van der Waals surface area contributed by atoms with Gasteiger partial charge in [-0.3, -0.25) is 24.5 Å². The fraction of sp³-hybridized carbons (Fsp3) is 0.394. The summed E-state index contributed by atoms with van der Waals surface area (Å²) in [6, 6.07) is 15.3. The van der Waals surface area contributed by atoms with Crippen molar-refractivity contribution in [1.82, 2.24) is 19.7 Å². The molecule has 10 nitrogen and oxygen atoms in total. The Morgan fingerprint density at radius 2 is 1.84 bits per heavy atom. The predicted octanol–water partition coefficient (Wildman–Crippen LogP) is 4.25. The number of aromatic nitrogens is 1. The van der Waals surface area contributed by atoms with Gasteiger partial charge in [-0.2, -0.15) is 0 Å². The molecule has 2 fully saturated rings. The topological polar surface area (TPSA) is 99.6 Å². The molecule has 2 aromatic carbocycles. The number of nitrogens with zero attached hydrogens (tertiary/aromatic N) is 5. The Labute approximate surface area is 252 Å². The van der Waals surface area contributed by atoms with Gasteiger partial charge in [0.1, 0.15) is 0 Å². The van der Waals surface area contributed by atoms with Gasteiger partial charge < -0.3 is 24.6 Å². The summed E-state index contributed by atoms with van der Waals surface area (Å²) in [6.45, 7) is 5.76. The molecule has 0 saturated carbocycles. The number of hydrogen-bond donors (Lipinski definition) is 1. The van der Waals surface area contributed by atoms with Crippen LogP contribution in [-0.4, -0.2) is 96.7 Å². The molecule has 1 aromatic heterocycles. The quantitative estimate of drug-likeness (QED) is 0.357. The number of nitrogens with one attached hydrogen (secondary N) is 1. The molecular formula is C33H38N6O4. The van der Waals surface area contributed by atoms with Crippen LogP contribution in [0.5, 0.6) is 11.5 Å². The molecule has 0 radical (unpaired) electrons.